The lowest BCUT2D eigenvalue weighted by Crippen LogP contribution is -2.32. The third-order valence-corrected chi connectivity index (χ3v) is 6.90. The van der Waals surface area contributed by atoms with E-state index in [-0.39, 0.29) is 10.8 Å². The Morgan fingerprint density at radius 3 is 2.87 bits per heavy atom. The lowest BCUT2D eigenvalue weighted by Gasteiger charge is -2.22. The van der Waals surface area contributed by atoms with Crippen LogP contribution in [-0.4, -0.2) is 66.4 Å². The quantitative estimate of drug-likeness (QED) is 0.629. The number of fused-ring (bicyclic) bond motifs is 1. The van der Waals surface area contributed by atoms with Crippen molar-refractivity contribution < 1.29 is 27.4 Å². The molecule has 1 saturated heterocycles. The van der Waals surface area contributed by atoms with Crippen molar-refractivity contribution in [3.63, 3.8) is 0 Å². The number of methoxy groups -OCH3 is 1. The molecule has 1 unspecified atom stereocenters. The second kappa shape index (κ2) is 9.76. The molecule has 168 valence electrons. The zero-order chi connectivity index (χ0) is 21.7. The zero-order valence-corrected chi connectivity index (χ0v) is 18.4. The number of sulfonamides is 1. The Kier molecular flexibility index (Phi) is 6.84. The van der Waals surface area contributed by atoms with Gasteiger partial charge >= 0.3 is 0 Å². The average molecular weight is 449 g/mol. The van der Waals surface area contributed by atoms with Crippen LogP contribution >= 0.6 is 0 Å². The summed E-state index contributed by atoms with van der Waals surface area (Å²) in [7, 11) is -2.04. The Morgan fingerprint density at radius 1 is 1.16 bits per heavy atom. The number of nitrogens with one attached hydrogen (secondary N) is 1. The van der Waals surface area contributed by atoms with Crippen molar-refractivity contribution in [2.45, 2.75) is 11.3 Å². The summed E-state index contributed by atoms with van der Waals surface area (Å²) in [4.78, 5) is 2.50. The first kappa shape index (κ1) is 21.7. The second-order valence-electron chi connectivity index (χ2n) is 7.61. The van der Waals surface area contributed by atoms with E-state index in [9.17, 15) is 8.42 Å². The fourth-order valence-electron chi connectivity index (χ4n) is 3.81. The van der Waals surface area contributed by atoms with E-state index in [1.165, 1.54) is 13.2 Å². The van der Waals surface area contributed by atoms with E-state index in [4.69, 9.17) is 18.9 Å². The maximum absolute atomic E-state index is 12.6. The van der Waals surface area contributed by atoms with Crippen LogP contribution in [0, 0.1) is 5.92 Å². The molecule has 9 heteroatoms. The second-order valence-corrected chi connectivity index (χ2v) is 9.38. The van der Waals surface area contributed by atoms with Crippen LogP contribution in [0.15, 0.2) is 47.4 Å². The third kappa shape index (κ3) is 5.41. The summed E-state index contributed by atoms with van der Waals surface area (Å²) >= 11 is 0. The fourth-order valence-corrected chi connectivity index (χ4v) is 4.96. The Bertz CT molecular complexity index is 997. The van der Waals surface area contributed by atoms with Crippen LogP contribution in [0.2, 0.25) is 0 Å². The summed E-state index contributed by atoms with van der Waals surface area (Å²) in [6, 6.07) is 12.1. The number of benzene rings is 2. The van der Waals surface area contributed by atoms with Crippen molar-refractivity contribution in [1.29, 1.82) is 0 Å². The highest BCUT2D eigenvalue weighted by Crippen LogP contribution is 2.38. The minimum Gasteiger partial charge on any atom is -0.497 e. The summed E-state index contributed by atoms with van der Waals surface area (Å²) in [5.74, 6) is 2.86. The van der Waals surface area contributed by atoms with Gasteiger partial charge in [-0.25, -0.2) is 13.1 Å². The zero-order valence-electron chi connectivity index (χ0n) is 17.6. The normalized spacial score (nSPS) is 18.7. The molecule has 0 amide bonds. The molecule has 2 aliphatic rings. The van der Waals surface area contributed by atoms with Gasteiger partial charge in [0.15, 0.2) is 11.5 Å². The molecule has 1 N–H and O–H groups in total. The number of hydrogen-bond acceptors (Lipinski definition) is 7. The molecular formula is C22H28N2O6S. The number of nitrogens with zero attached hydrogens (tertiary/aromatic N) is 1. The summed E-state index contributed by atoms with van der Waals surface area (Å²) in [5, 5.41) is 0. The molecule has 2 aromatic rings. The maximum atomic E-state index is 12.6. The number of ether oxygens (including phenoxy) is 4. The summed E-state index contributed by atoms with van der Waals surface area (Å²) in [6.45, 7) is 4.53. The van der Waals surface area contributed by atoms with Crippen LogP contribution in [0.1, 0.15) is 6.42 Å². The van der Waals surface area contributed by atoms with E-state index in [0.29, 0.717) is 49.4 Å². The van der Waals surface area contributed by atoms with Crippen molar-refractivity contribution in [3.8, 4) is 23.0 Å². The lowest BCUT2D eigenvalue weighted by molar-refractivity contribution is 0.158. The largest absolute Gasteiger partial charge is 0.497 e. The Labute approximate surface area is 183 Å². The minimum absolute atomic E-state index is 0.215. The average Bonchev–Trinajstić information content (AvgIpc) is 3.26. The molecule has 1 atom stereocenters. The van der Waals surface area contributed by atoms with Gasteiger partial charge in [-0.2, -0.15) is 0 Å². The minimum atomic E-state index is -3.56. The Hall–Kier alpha value is -2.49. The Balaban J connectivity index is 1.23. The lowest BCUT2D eigenvalue weighted by atomic mass is 10.1. The maximum Gasteiger partial charge on any atom is 0.240 e. The van der Waals surface area contributed by atoms with Gasteiger partial charge in [-0.1, -0.05) is 12.1 Å². The Morgan fingerprint density at radius 2 is 2.00 bits per heavy atom. The molecule has 0 saturated carbocycles. The molecule has 8 nitrogen and oxygen atoms in total. The molecule has 0 aliphatic carbocycles. The highest BCUT2D eigenvalue weighted by molar-refractivity contribution is 7.89. The van der Waals surface area contributed by atoms with Crippen LogP contribution in [0.3, 0.4) is 0 Å². The summed E-state index contributed by atoms with van der Waals surface area (Å²) in [6.07, 6.45) is 0.943. The topological polar surface area (TPSA) is 86.3 Å². The predicted molar refractivity (Wildman–Crippen MR) is 116 cm³/mol. The summed E-state index contributed by atoms with van der Waals surface area (Å²) < 4.78 is 50.2. The van der Waals surface area contributed by atoms with Crippen molar-refractivity contribution in [2.75, 3.05) is 53.1 Å². The molecule has 4 rings (SSSR count). The standard InChI is InChI=1S/C22H28N2O6S/c1-27-18-4-2-5-19(14-18)31(25,26)23-15-17-8-9-24(16-17)10-11-28-20-6-3-7-21-22(20)30-13-12-29-21/h2-7,14,17,23H,8-13,15-16H2,1H3. The monoisotopic (exact) mass is 448 g/mol. The van der Waals surface area contributed by atoms with Gasteiger partial charge in [0, 0.05) is 25.7 Å². The van der Waals surface area contributed by atoms with Gasteiger partial charge in [0.1, 0.15) is 25.6 Å². The molecule has 0 spiro atoms. The third-order valence-electron chi connectivity index (χ3n) is 5.48. The van der Waals surface area contributed by atoms with E-state index in [1.807, 2.05) is 18.2 Å². The number of likely N-dealkylation sites (tertiary alicyclic amines) is 1. The molecule has 2 aliphatic heterocycles. The first-order valence-corrected chi connectivity index (χ1v) is 11.9. The van der Waals surface area contributed by atoms with Crippen LogP contribution in [0.4, 0.5) is 0 Å². The van der Waals surface area contributed by atoms with E-state index >= 15 is 0 Å². The van der Waals surface area contributed by atoms with Gasteiger partial charge in [0.2, 0.25) is 15.8 Å². The molecule has 0 radical (unpaired) electrons. The molecule has 0 aromatic heterocycles. The molecule has 1 fully saturated rings. The van der Waals surface area contributed by atoms with Crippen molar-refractivity contribution >= 4 is 10.0 Å². The van der Waals surface area contributed by atoms with Gasteiger partial charge in [-0.05, 0) is 43.1 Å². The van der Waals surface area contributed by atoms with Gasteiger partial charge in [-0.15, -0.1) is 0 Å². The summed E-state index contributed by atoms with van der Waals surface area (Å²) in [5.41, 5.74) is 0. The molecule has 31 heavy (non-hydrogen) atoms. The SMILES string of the molecule is COc1cccc(S(=O)(=O)NCC2CCN(CCOc3cccc4c3OCCO4)C2)c1. The molecule has 2 heterocycles. The first-order chi connectivity index (χ1) is 15.0. The van der Waals surface area contributed by atoms with Crippen molar-refractivity contribution in [1.82, 2.24) is 9.62 Å². The van der Waals surface area contributed by atoms with Crippen molar-refractivity contribution in [2.24, 2.45) is 5.92 Å². The van der Waals surface area contributed by atoms with E-state index < -0.39 is 10.0 Å². The first-order valence-electron chi connectivity index (χ1n) is 10.4. The van der Waals surface area contributed by atoms with E-state index in [0.717, 1.165) is 26.1 Å². The number of hydrogen-bond donors (Lipinski definition) is 1. The van der Waals surface area contributed by atoms with Crippen LogP contribution in [-0.2, 0) is 10.0 Å². The van der Waals surface area contributed by atoms with Crippen LogP contribution < -0.4 is 23.7 Å². The highest BCUT2D eigenvalue weighted by Gasteiger charge is 2.25. The molecule has 0 bridgehead atoms. The van der Waals surface area contributed by atoms with E-state index in [2.05, 4.69) is 9.62 Å². The van der Waals surface area contributed by atoms with Gasteiger partial charge in [0.05, 0.1) is 12.0 Å². The molecule has 2 aromatic carbocycles. The number of rotatable bonds is 9. The molecular weight excluding hydrogens is 420 g/mol. The predicted octanol–water partition coefficient (Wildman–Crippen LogP) is 2.15. The fraction of sp³-hybridized carbons (Fsp3) is 0.455. The smallest absolute Gasteiger partial charge is 0.240 e. The number of para-hydroxylation sites is 1. The van der Waals surface area contributed by atoms with Crippen LogP contribution in [0.5, 0.6) is 23.0 Å². The van der Waals surface area contributed by atoms with Gasteiger partial charge in [-0.3, -0.25) is 4.90 Å². The van der Waals surface area contributed by atoms with Crippen LogP contribution in [0.25, 0.3) is 0 Å². The van der Waals surface area contributed by atoms with E-state index in [1.54, 1.807) is 18.2 Å². The highest BCUT2D eigenvalue weighted by atomic mass is 32.2. The van der Waals surface area contributed by atoms with Gasteiger partial charge < -0.3 is 18.9 Å². The van der Waals surface area contributed by atoms with Gasteiger partial charge in [0.25, 0.3) is 0 Å². The van der Waals surface area contributed by atoms with Crippen molar-refractivity contribution in [3.05, 3.63) is 42.5 Å².